The van der Waals surface area contributed by atoms with E-state index in [0.717, 1.165) is 12.5 Å². The summed E-state index contributed by atoms with van der Waals surface area (Å²) in [5.74, 6) is 0. The maximum absolute atomic E-state index is 12.8. The van der Waals surface area contributed by atoms with E-state index in [0.29, 0.717) is 11.0 Å². The van der Waals surface area contributed by atoms with Crippen LogP contribution in [0, 0.1) is 0 Å². The van der Waals surface area contributed by atoms with Gasteiger partial charge in [0, 0.05) is 25.5 Å². The Kier molecular flexibility index (Phi) is 3.29. The van der Waals surface area contributed by atoms with Crippen LogP contribution in [-0.2, 0) is 15.6 Å². The first-order valence-corrected chi connectivity index (χ1v) is 8.75. The zero-order valence-corrected chi connectivity index (χ0v) is 11.6. The van der Waals surface area contributed by atoms with E-state index < -0.39 is 26.6 Å². The SMILES string of the molecule is [2H]C([2H])(n1ccnc1)C(O)(P(=O)(O)O)P1(=O)NCCCN1. The molecule has 0 amide bonds. The number of hydrogen-bond acceptors (Lipinski definition) is 4. The standard InChI is InChI=1S/C8H16N4O5P2/c13-8(19(15,16)17,6-12-5-4-9-7-12)18(14)10-2-1-3-11-18/h4-5,7,13H,1-3,6H2,(H2,10,11,14)(H2,15,16,17)/i6D2. The van der Waals surface area contributed by atoms with Crippen molar-refractivity contribution in [3.63, 3.8) is 0 Å². The van der Waals surface area contributed by atoms with Gasteiger partial charge in [-0.1, -0.05) is 0 Å². The van der Waals surface area contributed by atoms with Crippen molar-refractivity contribution in [1.82, 2.24) is 19.7 Å². The third-order valence-electron chi connectivity index (χ3n) is 2.65. The number of nitrogens with one attached hydrogen (secondary N) is 2. The van der Waals surface area contributed by atoms with Crippen LogP contribution in [0.4, 0.5) is 0 Å². The fourth-order valence-electron chi connectivity index (χ4n) is 1.66. The second-order valence-corrected chi connectivity index (χ2v) is 8.63. The molecule has 1 aliphatic heterocycles. The van der Waals surface area contributed by atoms with Crippen molar-refractivity contribution in [1.29, 1.82) is 0 Å². The predicted octanol–water partition coefficient (Wildman–Crippen LogP) is -0.517. The van der Waals surface area contributed by atoms with E-state index in [1.807, 2.05) is 0 Å². The highest BCUT2D eigenvalue weighted by molar-refractivity contribution is 7.76. The molecule has 0 bridgehead atoms. The Balaban J connectivity index is 2.63. The van der Waals surface area contributed by atoms with Crippen LogP contribution >= 0.6 is 15.0 Å². The zero-order valence-electron chi connectivity index (χ0n) is 11.8. The summed E-state index contributed by atoms with van der Waals surface area (Å²) in [6.45, 7) is -2.80. The molecule has 0 saturated carbocycles. The second-order valence-electron chi connectivity index (χ2n) is 4.04. The predicted molar refractivity (Wildman–Crippen MR) is 67.4 cm³/mol. The van der Waals surface area contributed by atoms with Gasteiger partial charge in [-0.2, -0.15) is 0 Å². The zero-order chi connectivity index (χ0) is 15.9. The van der Waals surface area contributed by atoms with Crippen molar-refractivity contribution in [3.8, 4) is 0 Å². The summed E-state index contributed by atoms with van der Waals surface area (Å²) >= 11 is 0. The minimum atomic E-state index is -5.54. The van der Waals surface area contributed by atoms with E-state index >= 15 is 0 Å². The quantitative estimate of drug-likeness (QED) is 0.469. The molecule has 9 nitrogen and oxygen atoms in total. The molecule has 1 atom stereocenters. The lowest BCUT2D eigenvalue weighted by atomic mass is 10.4. The van der Waals surface area contributed by atoms with E-state index in [-0.39, 0.29) is 13.1 Å². The molecule has 2 heterocycles. The van der Waals surface area contributed by atoms with Crippen LogP contribution in [0.3, 0.4) is 0 Å². The van der Waals surface area contributed by atoms with Gasteiger partial charge in [0.05, 0.1) is 15.6 Å². The van der Waals surface area contributed by atoms with Crippen molar-refractivity contribution in [2.75, 3.05) is 13.1 Å². The first-order valence-electron chi connectivity index (χ1n) is 6.43. The van der Waals surface area contributed by atoms with Crippen LogP contribution < -0.4 is 10.2 Å². The monoisotopic (exact) mass is 312 g/mol. The van der Waals surface area contributed by atoms with Crippen LogP contribution in [0.25, 0.3) is 0 Å². The minimum Gasteiger partial charge on any atom is -0.368 e. The van der Waals surface area contributed by atoms with E-state index in [1.165, 1.54) is 6.20 Å². The average Bonchev–Trinajstić information content (AvgIpc) is 2.91. The maximum atomic E-state index is 12.8. The Morgan fingerprint density at radius 1 is 1.53 bits per heavy atom. The fraction of sp³-hybridized carbons (Fsp3) is 0.625. The smallest absolute Gasteiger partial charge is 0.368 e. The molecule has 0 aliphatic carbocycles. The van der Waals surface area contributed by atoms with Crippen molar-refractivity contribution in [2.24, 2.45) is 0 Å². The first kappa shape index (κ1) is 12.2. The summed E-state index contributed by atoms with van der Waals surface area (Å²) in [6, 6.07) is 0. The molecule has 0 radical (unpaired) electrons. The summed E-state index contributed by atoms with van der Waals surface area (Å²) in [6.07, 6.45) is 3.72. The number of nitrogens with zero attached hydrogens (tertiary/aromatic N) is 2. The van der Waals surface area contributed by atoms with E-state index in [4.69, 9.17) is 2.74 Å². The molecule has 1 aromatic rings. The molecular weight excluding hydrogens is 294 g/mol. The Hall–Kier alpha value is -0.530. The highest BCUT2D eigenvalue weighted by Crippen LogP contribution is 2.68. The summed E-state index contributed by atoms with van der Waals surface area (Å²) in [5.41, 5.74) is 0. The Labute approximate surface area is 112 Å². The summed E-state index contributed by atoms with van der Waals surface area (Å²) < 4.78 is 41.2. The molecule has 5 N–H and O–H groups in total. The summed E-state index contributed by atoms with van der Waals surface area (Å²) in [7, 11) is -9.89. The first-order chi connectivity index (χ1) is 9.56. The molecule has 19 heavy (non-hydrogen) atoms. The molecule has 1 aliphatic rings. The molecule has 108 valence electrons. The highest BCUT2D eigenvalue weighted by Gasteiger charge is 2.60. The van der Waals surface area contributed by atoms with Crippen molar-refractivity contribution in [2.45, 2.75) is 18.0 Å². The molecule has 1 aromatic heterocycles. The van der Waals surface area contributed by atoms with Crippen LogP contribution in [0.1, 0.15) is 9.16 Å². The van der Waals surface area contributed by atoms with E-state index in [1.54, 1.807) is 0 Å². The molecule has 2 rings (SSSR count). The molecule has 1 fully saturated rings. The van der Waals surface area contributed by atoms with Gasteiger partial charge in [0.25, 0.3) is 12.5 Å². The average molecular weight is 312 g/mol. The maximum Gasteiger partial charge on any atom is 0.369 e. The third-order valence-corrected chi connectivity index (χ3v) is 7.51. The Bertz CT molecular complexity index is 596. The lowest BCUT2D eigenvalue weighted by Gasteiger charge is -2.38. The van der Waals surface area contributed by atoms with Crippen molar-refractivity contribution in [3.05, 3.63) is 18.7 Å². The number of hydrogen-bond donors (Lipinski definition) is 5. The topological polar surface area (TPSA) is 137 Å². The normalized spacial score (nSPS) is 25.2. The summed E-state index contributed by atoms with van der Waals surface area (Å²) in [5, 5.41) is 11.8. The van der Waals surface area contributed by atoms with Gasteiger partial charge >= 0.3 is 7.60 Å². The van der Waals surface area contributed by atoms with Crippen LogP contribution in [0.2, 0.25) is 0 Å². The molecule has 0 aromatic carbocycles. The molecule has 1 saturated heterocycles. The molecule has 11 heteroatoms. The van der Waals surface area contributed by atoms with Crippen LogP contribution in [-0.4, -0.2) is 42.6 Å². The minimum absolute atomic E-state index is 0.132. The number of aliphatic hydroxyl groups is 1. The summed E-state index contributed by atoms with van der Waals surface area (Å²) in [4.78, 5) is 22.6. The van der Waals surface area contributed by atoms with Gasteiger partial charge in [0.1, 0.15) is 0 Å². The van der Waals surface area contributed by atoms with Gasteiger partial charge in [0.2, 0.25) is 0 Å². The van der Waals surface area contributed by atoms with Crippen molar-refractivity contribution < 1.29 is 26.8 Å². The van der Waals surface area contributed by atoms with Crippen molar-refractivity contribution >= 4 is 15.0 Å². The Morgan fingerprint density at radius 2 is 2.16 bits per heavy atom. The lowest BCUT2D eigenvalue weighted by Crippen LogP contribution is -2.46. The molecule has 1 unspecified atom stereocenters. The number of imidazole rings is 1. The highest BCUT2D eigenvalue weighted by atomic mass is 31.2. The molecular formula is C8H16N4O5P2. The second kappa shape index (κ2) is 5.10. The third kappa shape index (κ3) is 2.68. The van der Waals surface area contributed by atoms with Crippen LogP contribution in [0.15, 0.2) is 18.7 Å². The van der Waals surface area contributed by atoms with Crippen LogP contribution in [0.5, 0.6) is 0 Å². The largest absolute Gasteiger partial charge is 0.369 e. The number of rotatable bonds is 4. The Morgan fingerprint density at radius 3 is 2.63 bits per heavy atom. The van der Waals surface area contributed by atoms with E-state index in [9.17, 15) is 24.0 Å². The van der Waals surface area contributed by atoms with Gasteiger partial charge in [-0.3, -0.25) is 19.3 Å². The van der Waals surface area contributed by atoms with Gasteiger partial charge in [-0.25, -0.2) is 4.98 Å². The van der Waals surface area contributed by atoms with Gasteiger partial charge in [0.15, 0.2) is 0 Å². The van der Waals surface area contributed by atoms with Gasteiger partial charge < -0.3 is 19.5 Å². The van der Waals surface area contributed by atoms with E-state index in [2.05, 4.69) is 15.2 Å². The fourth-order valence-corrected chi connectivity index (χ4v) is 5.55. The van der Waals surface area contributed by atoms with Gasteiger partial charge in [-0.05, 0) is 6.42 Å². The molecule has 0 spiro atoms. The number of aromatic nitrogens is 2. The lowest BCUT2D eigenvalue weighted by molar-refractivity contribution is 0.138. The van der Waals surface area contributed by atoms with Gasteiger partial charge in [-0.15, -0.1) is 0 Å².